The van der Waals surface area contributed by atoms with Crippen LogP contribution < -0.4 is 27.4 Å². The third-order valence-electron chi connectivity index (χ3n) is 4.76. The number of carboxylic acids is 1. The summed E-state index contributed by atoms with van der Waals surface area (Å²) in [6, 6.07) is -5.73. The molecule has 0 bridgehead atoms. The van der Waals surface area contributed by atoms with E-state index in [0.29, 0.717) is 5.69 Å². The van der Waals surface area contributed by atoms with E-state index in [9.17, 15) is 39.3 Å². The van der Waals surface area contributed by atoms with E-state index >= 15 is 0 Å². The van der Waals surface area contributed by atoms with E-state index in [1.165, 1.54) is 26.4 Å². The number of amides is 4. The number of aliphatic carboxylic acids is 1. The van der Waals surface area contributed by atoms with Crippen molar-refractivity contribution in [2.24, 2.45) is 11.5 Å². The summed E-state index contributed by atoms with van der Waals surface area (Å²) in [5, 5.41) is 35.6. The average molecular weight is 485 g/mol. The molecular weight excluding hydrogens is 454 g/mol. The monoisotopic (exact) mass is 485 g/mol. The van der Waals surface area contributed by atoms with Crippen LogP contribution >= 0.6 is 0 Å². The second-order valence-corrected chi connectivity index (χ2v) is 7.75. The van der Waals surface area contributed by atoms with Crippen LogP contribution in [0.25, 0.3) is 0 Å². The van der Waals surface area contributed by atoms with Gasteiger partial charge in [-0.05, 0) is 20.3 Å². The highest BCUT2D eigenvalue weighted by Crippen LogP contribution is 2.04. The van der Waals surface area contributed by atoms with Crippen LogP contribution in [0.4, 0.5) is 0 Å². The molecule has 0 saturated heterocycles. The zero-order valence-corrected chi connectivity index (χ0v) is 18.7. The van der Waals surface area contributed by atoms with Gasteiger partial charge in [0.05, 0.1) is 24.6 Å². The summed E-state index contributed by atoms with van der Waals surface area (Å²) >= 11 is 0. The van der Waals surface area contributed by atoms with Gasteiger partial charge in [-0.1, -0.05) is 0 Å². The second kappa shape index (κ2) is 13.2. The topological polar surface area (TPSA) is 263 Å². The molecule has 1 heterocycles. The number of carbonyl (C=O) groups excluding carboxylic acids is 4. The lowest BCUT2D eigenvalue weighted by Crippen LogP contribution is -2.60. The molecule has 6 unspecified atom stereocenters. The number of aromatic nitrogens is 2. The van der Waals surface area contributed by atoms with E-state index in [1.54, 1.807) is 0 Å². The van der Waals surface area contributed by atoms with Crippen molar-refractivity contribution in [3.05, 3.63) is 18.2 Å². The number of imidazole rings is 1. The van der Waals surface area contributed by atoms with Crippen LogP contribution in [-0.2, 0) is 30.4 Å². The van der Waals surface area contributed by atoms with Gasteiger partial charge in [0.1, 0.15) is 12.1 Å². The Hall–Kier alpha value is -3.56. The van der Waals surface area contributed by atoms with Crippen molar-refractivity contribution in [1.82, 2.24) is 25.9 Å². The quantitative estimate of drug-likeness (QED) is 0.123. The summed E-state index contributed by atoms with van der Waals surface area (Å²) in [7, 11) is 0. The van der Waals surface area contributed by atoms with Crippen molar-refractivity contribution in [2.75, 3.05) is 0 Å². The van der Waals surface area contributed by atoms with Gasteiger partial charge in [-0.25, -0.2) is 9.78 Å². The van der Waals surface area contributed by atoms with Crippen molar-refractivity contribution >= 4 is 29.6 Å². The zero-order valence-electron chi connectivity index (χ0n) is 18.7. The predicted molar refractivity (Wildman–Crippen MR) is 115 cm³/mol. The Labute approximate surface area is 194 Å². The molecule has 15 heteroatoms. The number of nitrogens with one attached hydrogen (secondary N) is 4. The van der Waals surface area contributed by atoms with Gasteiger partial charge in [-0.2, -0.15) is 0 Å². The van der Waals surface area contributed by atoms with E-state index in [-0.39, 0.29) is 19.3 Å². The Kier molecular flexibility index (Phi) is 11.1. The van der Waals surface area contributed by atoms with Crippen LogP contribution in [0.15, 0.2) is 12.5 Å². The lowest BCUT2D eigenvalue weighted by Gasteiger charge is -2.26. The van der Waals surface area contributed by atoms with Crippen molar-refractivity contribution in [2.45, 2.75) is 69.5 Å². The summed E-state index contributed by atoms with van der Waals surface area (Å²) < 4.78 is 0. The number of carboxylic acid groups (broad SMARTS) is 1. The molecule has 0 aromatic carbocycles. The normalized spacial score (nSPS) is 16.3. The maximum atomic E-state index is 12.8. The average Bonchev–Trinajstić information content (AvgIpc) is 3.25. The smallest absolute Gasteiger partial charge is 0.328 e. The van der Waals surface area contributed by atoms with Crippen LogP contribution in [0.1, 0.15) is 32.4 Å². The summed E-state index contributed by atoms with van der Waals surface area (Å²) in [5.74, 6) is -4.90. The Morgan fingerprint density at radius 3 is 2.06 bits per heavy atom. The molecule has 0 radical (unpaired) electrons. The van der Waals surface area contributed by atoms with Crippen LogP contribution in [0.2, 0.25) is 0 Å². The molecular formula is C19H31N7O8. The van der Waals surface area contributed by atoms with Crippen molar-refractivity contribution in [1.29, 1.82) is 0 Å². The zero-order chi connectivity index (χ0) is 26.0. The maximum Gasteiger partial charge on any atom is 0.328 e. The number of H-pyrrole nitrogens is 1. The van der Waals surface area contributed by atoms with Crippen LogP contribution in [0.5, 0.6) is 0 Å². The minimum atomic E-state index is -1.65. The highest BCUT2D eigenvalue weighted by Gasteiger charge is 2.33. The van der Waals surface area contributed by atoms with Crippen molar-refractivity contribution < 1.29 is 39.3 Å². The number of carbonyl (C=O) groups is 5. The molecule has 11 N–H and O–H groups in total. The Bertz CT molecular complexity index is 859. The molecule has 0 aliphatic heterocycles. The molecule has 1 aromatic heterocycles. The number of aliphatic hydroxyl groups excluding tert-OH is 2. The summed E-state index contributed by atoms with van der Waals surface area (Å²) in [4.78, 5) is 66.6. The van der Waals surface area contributed by atoms with Gasteiger partial charge in [-0.3, -0.25) is 19.2 Å². The highest BCUT2D eigenvalue weighted by molar-refractivity contribution is 5.94. The minimum Gasteiger partial charge on any atom is -0.480 e. The van der Waals surface area contributed by atoms with Gasteiger partial charge in [0, 0.05) is 24.7 Å². The number of rotatable bonds is 14. The van der Waals surface area contributed by atoms with Crippen molar-refractivity contribution in [3.8, 4) is 0 Å². The molecule has 34 heavy (non-hydrogen) atoms. The molecule has 4 amide bonds. The molecule has 0 spiro atoms. The predicted octanol–water partition coefficient (Wildman–Crippen LogP) is -4.15. The van der Waals surface area contributed by atoms with E-state index in [2.05, 4.69) is 25.9 Å². The number of nitrogens with two attached hydrogens (primary N) is 2. The maximum absolute atomic E-state index is 12.8. The molecule has 6 atom stereocenters. The molecule has 0 fully saturated rings. The first-order valence-corrected chi connectivity index (χ1v) is 10.3. The molecule has 0 aliphatic carbocycles. The van der Waals surface area contributed by atoms with Gasteiger partial charge >= 0.3 is 5.97 Å². The Balaban J connectivity index is 3.00. The van der Waals surface area contributed by atoms with Crippen LogP contribution in [-0.4, -0.2) is 91.3 Å². The number of aromatic amines is 1. The summed E-state index contributed by atoms with van der Waals surface area (Å²) in [6.07, 6.45) is -0.543. The number of aliphatic hydroxyl groups is 2. The fourth-order valence-electron chi connectivity index (χ4n) is 2.82. The van der Waals surface area contributed by atoms with Gasteiger partial charge in [0.15, 0.2) is 6.04 Å². The number of nitrogens with zero attached hydrogens (tertiary/aromatic N) is 1. The second-order valence-electron chi connectivity index (χ2n) is 7.75. The van der Waals surface area contributed by atoms with Gasteiger partial charge in [0.2, 0.25) is 23.6 Å². The third-order valence-corrected chi connectivity index (χ3v) is 4.76. The molecule has 0 aliphatic rings. The van der Waals surface area contributed by atoms with Gasteiger partial charge < -0.3 is 47.7 Å². The molecule has 1 rings (SSSR count). The van der Waals surface area contributed by atoms with E-state index in [1.807, 2.05) is 0 Å². The largest absolute Gasteiger partial charge is 0.480 e. The Morgan fingerprint density at radius 2 is 1.59 bits per heavy atom. The molecule has 0 saturated carbocycles. The fourth-order valence-corrected chi connectivity index (χ4v) is 2.82. The standard InChI is InChI=1S/C19H31N7O8/c1-8(27)14(25-16(30)11(20)3-4-13(21)29)18(32)24-12(5-10-6-22-7-23-10)17(31)26-15(9(2)28)19(33)34/h6-9,11-12,14-15,27-28H,3-5,20H2,1-2H3,(H2,21,29)(H,22,23)(H,24,32)(H,25,30)(H,26,31)(H,33,34). The van der Waals surface area contributed by atoms with Crippen LogP contribution in [0.3, 0.4) is 0 Å². The number of primary amides is 1. The van der Waals surface area contributed by atoms with Crippen molar-refractivity contribution in [3.63, 3.8) is 0 Å². The lowest BCUT2D eigenvalue weighted by molar-refractivity contribution is -0.145. The minimum absolute atomic E-state index is 0.0872. The van der Waals surface area contributed by atoms with Crippen LogP contribution in [0, 0.1) is 0 Å². The van der Waals surface area contributed by atoms with E-state index < -0.39 is 66.0 Å². The summed E-state index contributed by atoms with van der Waals surface area (Å²) in [6.45, 7) is 2.39. The van der Waals surface area contributed by atoms with Gasteiger partial charge in [0.25, 0.3) is 0 Å². The number of hydrogen-bond donors (Lipinski definition) is 9. The van der Waals surface area contributed by atoms with E-state index in [4.69, 9.17) is 11.5 Å². The third kappa shape index (κ3) is 9.13. The molecule has 190 valence electrons. The Morgan fingerprint density at radius 1 is 1.00 bits per heavy atom. The number of hydrogen-bond acceptors (Lipinski definition) is 9. The SMILES string of the molecule is CC(O)C(NC(=O)C(Cc1cnc[nH]1)NC(=O)C(NC(=O)C(N)CCC(N)=O)C(C)O)C(=O)O. The first-order valence-electron chi connectivity index (χ1n) is 10.3. The van der Waals surface area contributed by atoms with E-state index in [0.717, 1.165) is 0 Å². The fraction of sp³-hybridized carbons (Fsp3) is 0.579. The lowest BCUT2D eigenvalue weighted by atomic mass is 10.1. The first-order chi connectivity index (χ1) is 15.8. The molecule has 1 aromatic rings. The summed E-state index contributed by atoms with van der Waals surface area (Å²) in [5.41, 5.74) is 11.1. The molecule has 15 nitrogen and oxygen atoms in total. The first kappa shape index (κ1) is 28.5. The van der Waals surface area contributed by atoms with Gasteiger partial charge in [-0.15, -0.1) is 0 Å². The highest BCUT2D eigenvalue weighted by atomic mass is 16.4.